The predicted molar refractivity (Wildman–Crippen MR) is 76.2 cm³/mol. The zero-order valence-electron chi connectivity index (χ0n) is 11.8. The van der Waals surface area contributed by atoms with Crippen LogP contribution in [-0.4, -0.2) is 32.7 Å². The number of nitrogens with zero attached hydrogens (tertiary/aromatic N) is 4. The van der Waals surface area contributed by atoms with Crippen LogP contribution in [-0.2, 0) is 6.54 Å². The van der Waals surface area contributed by atoms with Gasteiger partial charge in [-0.3, -0.25) is 4.79 Å². The average molecular weight is 273 g/mol. The van der Waals surface area contributed by atoms with Crippen LogP contribution in [0.25, 0.3) is 11.4 Å². The number of unbranched alkanes of at least 4 members (excludes halogenated alkanes) is 1. The van der Waals surface area contributed by atoms with E-state index in [1.807, 2.05) is 25.1 Å². The van der Waals surface area contributed by atoms with E-state index in [-0.39, 0.29) is 5.91 Å². The second-order valence-corrected chi connectivity index (χ2v) is 4.51. The fourth-order valence-corrected chi connectivity index (χ4v) is 1.90. The van der Waals surface area contributed by atoms with Crippen LogP contribution in [0.4, 0.5) is 0 Å². The highest BCUT2D eigenvalue weighted by atomic mass is 16.1. The lowest BCUT2D eigenvalue weighted by atomic mass is 10.1. The molecule has 0 aliphatic carbocycles. The molecule has 0 saturated heterocycles. The van der Waals surface area contributed by atoms with Crippen LogP contribution < -0.4 is 5.32 Å². The number of aromatic nitrogens is 4. The number of tetrazole rings is 1. The Morgan fingerprint density at radius 2 is 2.20 bits per heavy atom. The van der Waals surface area contributed by atoms with Crippen LogP contribution in [0.2, 0.25) is 0 Å². The maximum absolute atomic E-state index is 12.0. The summed E-state index contributed by atoms with van der Waals surface area (Å²) in [5.41, 5.74) is 1.48. The molecule has 2 rings (SSSR count). The van der Waals surface area contributed by atoms with E-state index >= 15 is 0 Å². The molecule has 20 heavy (non-hydrogen) atoms. The zero-order chi connectivity index (χ0) is 14.4. The molecular weight excluding hydrogens is 254 g/mol. The summed E-state index contributed by atoms with van der Waals surface area (Å²) < 4.78 is 1.70. The maximum Gasteiger partial charge on any atom is 0.251 e. The van der Waals surface area contributed by atoms with Crippen molar-refractivity contribution in [3.8, 4) is 11.4 Å². The molecule has 0 atom stereocenters. The molecule has 0 radical (unpaired) electrons. The van der Waals surface area contributed by atoms with Gasteiger partial charge in [-0.15, -0.1) is 5.10 Å². The van der Waals surface area contributed by atoms with Gasteiger partial charge in [0.1, 0.15) is 0 Å². The van der Waals surface area contributed by atoms with Gasteiger partial charge in [0, 0.05) is 24.2 Å². The van der Waals surface area contributed by atoms with Crippen LogP contribution in [0.15, 0.2) is 24.3 Å². The summed E-state index contributed by atoms with van der Waals surface area (Å²) in [6.45, 7) is 5.46. The number of rotatable bonds is 6. The lowest BCUT2D eigenvalue weighted by molar-refractivity contribution is 0.0953. The van der Waals surface area contributed by atoms with Gasteiger partial charge in [-0.25, -0.2) is 4.68 Å². The molecule has 106 valence electrons. The molecule has 1 amide bonds. The Labute approximate surface area is 118 Å². The van der Waals surface area contributed by atoms with Crippen molar-refractivity contribution >= 4 is 5.91 Å². The summed E-state index contributed by atoms with van der Waals surface area (Å²) in [4.78, 5) is 12.0. The maximum atomic E-state index is 12.0. The van der Waals surface area contributed by atoms with Crippen LogP contribution in [0.1, 0.15) is 37.0 Å². The fraction of sp³-hybridized carbons (Fsp3) is 0.429. The van der Waals surface area contributed by atoms with Gasteiger partial charge in [0.2, 0.25) is 0 Å². The van der Waals surface area contributed by atoms with E-state index in [1.165, 1.54) is 0 Å². The van der Waals surface area contributed by atoms with Crippen LogP contribution in [0, 0.1) is 0 Å². The van der Waals surface area contributed by atoms with E-state index in [9.17, 15) is 4.79 Å². The fourth-order valence-electron chi connectivity index (χ4n) is 1.90. The molecular formula is C14H19N5O. The first kappa shape index (κ1) is 14.2. The van der Waals surface area contributed by atoms with E-state index in [0.29, 0.717) is 24.5 Å². The van der Waals surface area contributed by atoms with Gasteiger partial charge in [-0.1, -0.05) is 25.5 Å². The Morgan fingerprint density at radius 1 is 1.35 bits per heavy atom. The van der Waals surface area contributed by atoms with Crippen molar-refractivity contribution in [3.05, 3.63) is 29.8 Å². The zero-order valence-corrected chi connectivity index (χ0v) is 11.8. The van der Waals surface area contributed by atoms with E-state index in [0.717, 1.165) is 18.4 Å². The molecule has 1 aromatic carbocycles. The highest BCUT2D eigenvalue weighted by molar-refractivity contribution is 5.95. The third-order valence-corrected chi connectivity index (χ3v) is 3.03. The summed E-state index contributed by atoms with van der Waals surface area (Å²) in [7, 11) is 0. The van der Waals surface area contributed by atoms with Gasteiger partial charge in [0.15, 0.2) is 5.82 Å². The number of amides is 1. The molecule has 6 nitrogen and oxygen atoms in total. The molecule has 0 aliphatic heterocycles. The molecule has 0 aliphatic rings. The largest absolute Gasteiger partial charge is 0.352 e. The number of aryl methyl sites for hydroxylation is 1. The quantitative estimate of drug-likeness (QED) is 0.816. The van der Waals surface area contributed by atoms with Gasteiger partial charge in [0.05, 0.1) is 0 Å². The molecule has 1 heterocycles. The first-order valence-corrected chi connectivity index (χ1v) is 6.91. The van der Waals surface area contributed by atoms with Crippen molar-refractivity contribution in [1.29, 1.82) is 0 Å². The van der Waals surface area contributed by atoms with Crippen LogP contribution in [0.3, 0.4) is 0 Å². The summed E-state index contributed by atoms with van der Waals surface area (Å²) in [5, 5.41) is 14.5. The lowest BCUT2D eigenvalue weighted by Crippen LogP contribution is -2.24. The first-order valence-electron chi connectivity index (χ1n) is 6.91. The monoisotopic (exact) mass is 273 g/mol. The molecule has 0 saturated carbocycles. The van der Waals surface area contributed by atoms with Crippen molar-refractivity contribution in [2.75, 3.05) is 6.54 Å². The number of carbonyl (C=O) groups is 1. The smallest absolute Gasteiger partial charge is 0.251 e. The minimum absolute atomic E-state index is 0.0594. The van der Waals surface area contributed by atoms with Crippen LogP contribution >= 0.6 is 0 Å². The summed E-state index contributed by atoms with van der Waals surface area (Å²) in [6.07, 6.45) is 2.05. The summed E-state index contributed by atoms with van der Waals surface area (Å²) in [6, 6.07) is 7.36. The number of hydrogen-bond acceptors (Lipinski definition) is 4. The van der Waals surface area contributed by atoms with Gasteiger partial charge in [0.25, 0.3) is 5.91 Å². The standard InChI is InChI=1S/C14H19N5O/c1-3-5-9-15-14(20)12-8-6-7-11(10-12)13-16-17-18-19(13)4-2/h6-8,10H,3-5,9H2,1-2H3,(H,15,20). The molecule has 0 bridgehead atoms. The van der Waals surface area contributed by atoms with E-state index in [4.69, 9.17) is 0 Å². The van der Waals surface area contributed by atoms with Crippen molar-refractivity contribution in [3.63, 3.8) is 0 Å². The van der Waals surface area contributed by atoms with Crippen molar-refractivity contribution < 1.29 is 4.79 Å². The molecule has 1 N–H and O–H groups in total. The van der Waals surface area contributed by atoms with E-state index in [1.54, 1.807) is 10.7 Å². The van der Waals surface area contributed by atoms with Crippen molar-refractivity contribution in [2.45, 2.75) is 33.2 Å². The molecule has 0 unspecified atom stereocenters. The second kappa shape index (κ2) is 6.79. The van der Waals surface area contributed by atoms with Crippen molar-refractivity contribution in [1.82, 2.24) is 25.5 Å². The minimum Gasteiger partial charge on any atom is -0.352 e. The molecule has 6 heteroatoms. The van der Waals surface area contributed by atoms with Gasteiger partial charge >= 0.3 is 0 Å². The van der Waals surface area contributed by atoms with Gasteiger partial charge in [-0.05, 0) is 35.9 Å². The summed E-state index contributed by atoms with van der Waals surface area (Å²) in [5.74, 6) is 0.617. The Hall–Kier alpha value is -2.24. The summed E-state index contributed by atoms with van der Waals surface area (Å²) >= 11 is 0. The molecule has 1 aromatic heterocycles. The molecule has 2 aromatic rings. The van der Waals surface area contributed by atoms with E-state index in [2.05, 4.69) is 27.8 Å². The van der Waals surface area contributed by atoms with Crippen molar-refractivity contribution in [2.24, 2.45) is 0 Å². The Bertz CT molecular complexity index is 578. The number of hydrogen-bond donors (Lipinski definition) is 1. The normalized spacial score (nSPS) is 10.5. The Balaban J connectivity index is 2.18. The lowest BCUT2D eigenvalue weighted by Gasteiger charge is -2.06. The Morgan fingerprint density at radius 3 is 2.95 bits per heavy atom. The SMILES string of the molecule is CCCCNC(=O)c1cccc(-c2nnnn2CC)c1. The molecule has 0 fully saturated rings. The number of nitrogens with one attached hydrogen (secondary N) is 1. The van der Waals surface area contributed by atoms with Gasteiger partial charge < -0.3 is 5.32 Å². The third-order valence-electron chi connectivity index (χ3n) is 3.03. The highest BCUT2D eigenvalue weighted by Gasteiger charge is 2.10. The van der Waals surface area contributed by atoms with Gasteiger partial charge in [-0.2, -0.15) is 0 Å². The predicted octanol–water partition coefficient (Wildman–Crippen LogP) is 1.89. The topological polar surface area (TPSA) is 72.7 Å². The minimum atomic E-state index is -0.0594. The van der Waals surface area contributed by atoms with Crippen LogP contribution in [0.5, 0.6) is 0 Å². The first-order chi connectivity index (χ1) is 9.76. The third kappa shape index (κ3) is 3.20. The average Bonchev–Trinajstić information content (AvgIpc) is 2.96. The molecule has 0 spiro atoms. The Kier molecular flexibility index (Phi) is 4.81. The van der Waals surface area contributed by atoms with E-state index < -0.39 is 0 Å². The number of carbonyl (C=O) groups excluding carboxylic acids is 1. The highest BCUT2D eigenvalue weighted by Crippen LogP contribution is 2.17. The second-order valence-electron chi connectivity index (χ2n) is 4.51. The number of benzene rings is 1.